The molecule has 0 saturated heterocycles. The molecule has 2 rings (SSSR count). The van der Waals surface area contributed by atoms with Gasteiger partial charge in [0.1, 0.15) is 11.3 Å². The summed E-state index contributed by atoms with van der Waals surface area (Å²) in [5, 5.41) is 1.76. The number of halogens is 3. The first-order valence-electron chi connectivity index (χ1n) is 8.59. The third kappa shape index (κ3) is 3.54. The predicted molar refractivity (Wildman–Crippen MR) is 95.9 cm³/mol. The first-order valence-corrected chi connectivity index (χ1v) is 8.59. The minimum absolute atomic E-state index is 0.175. The molecular formula is C19H21F3N2O5. The van der Waals surface area contributed by atoms with Gasteiger partial charge in [-0.15, -0.1) is 0 Å². The van der Waals surface area contributed by atoms with Crippen molar-refractivity contribution in [1.82, 2.24) is 10.2 Å². The van der Waals surface area contributed by atoms with Gasteiger partial charge >= 0.3 is 12.1 Å². The van der Waals surface area contributed by atoms with Gasteiger partial charge in [-0.3, -0.25) is 9.59 Å². The molecule has 1 N–H and O–H groups in total. The Kier molecular flexibility index (Phi) is 5.96. The van der Waals surface area contributed by atoms with Crippen molar-refractivity contribution in [3.8, 4) is 5.75 Å². The molecule has 0 aromatic heterocycles. The normalized spacial score (nSPS) is 19.6. The first kappa shape index (κ1) is 22.3. The zero-order chi connectivity index (χ0) is 22.1. The predicted octanol–water partition coefficient (Wildman–Crippen LogP) is 2.42. The maximum absolute atomic E-state index is 14.3. The van der Waals surface area contributed by atoms with E-state index in [9.17, 15) is 27.6 Å². The number of ether oxygens (including phenoxy) is 2. The quantitative estimate of drug-likeness (QED) is 0.748. The fourth-order valence-corrected chi connectivity index (χ4v) is 3.31. The molecule has 1 aromatic rings. The molecule has 10 heteroatoms. The lowest BCUT2D eigenvalue weighted by Gasteiger charge is -2.33. The Hall–Kier alpha value is -3.04. The molecule has 1 aliphatic heterocycles. The molecule has 0 unspecified atom stereocenters. The molecule has 2 amide bonds. The fraction of sp³-hybridized carbons (Fsp3) is 0.421. The summed E-state index contributed by atoms with van der Waals surface area (Å²) in [6.45, 7) is 4.19. The largest absolute Gasteiger partial charge is 0.497 e. The molecule has 7 nitrogen and oxygen atoms in total. The Morgan fingerprint density at radius 3 is 2.31 bits per heavy atom. The molecule has 1 atom stereocenters. The second kappa shape index (κ2) is 7.76. The summed E-state index contributed by atoms with van der Waals surface area (Å²) in [5.74, 6) is -3.80. The molecule has 0 saturated carbocycles. The van der Waals surface area contributed by atoms with Crippen molar-refractivity contribution in [3.63, 3.8) is 0 Å². The van der Waals surface area contributed by atoms with Crippen LogP contribution in [0.5, 0.6) is 5.75 Å². The van der Waals surface area contributed by atoms with Gasteiger partial charge in [-0.2, -0.15) is 13.2 Å². The standard InChI is InChI=1S/C19H21F3N2O5/c1-10(2)24-11(3)14(16(26)29-5)18(17(24)27,19(20,21)22)23-15(25)12-7-6-8-13(9-12)28-4/h6-10H,1-5H3,(H,23,25)/t18-/m0/s1. The van der Waals surface area contributed by atoms with Crippen LogP contribution in [0.3, 0.4) is 0 Å². The molecule has 0 radical (unpaired) electrons. The van der Waals surface area contributed by atoms with Crippen LogP contribution in [-0.4, -0.2) is 54.7 Å². The number of amides is 2. The average molecular weight is 414 g/mol. The third-order valence-corrected chi connectivity index (χ3v) is 4.60. The zero-order valence-electron chi connectivity index (χ0n) is 16.5. The van der Waals surface area contributed by atoms with Crippen LogP contribution in [0.2, 0.25) is 0 Å². The van der Waals surface area contributed by atoms with Crippen LogP contribution in [0.4, 0.5) is 13.2 Å². The number of methoxy groups -OCH3 is 2. The number of hydrogen-bond donors (Lipinski definition) is 1. The molecule has 29 heavy (non-hydrogen) atoms. The molecule has 0 fully saturated rings. The topological polar surface area (TPSA) is 84.9 Å². The third-order valence-electron chi connectivity index (χ3n) is 4.60. The number of carbonyl (C=O) groups is 3. The van der Waals surface area contributed by atoms with Crippen molar-refractivity contribution in [1.29, 1.82) is 0 Å². The number of nitrogens with one attached hydrogen (secondary N) is 1. The summed E-state index contributed by atoms with van der Waals surface area (Å²) in [6.07, 6.45) is -5.31. The van der Waals surface area contributed by atoms with E-state index in [4.69, 9.17) is 4.74 Å². The van der Waals surface area contributed by atoms with Crippen molar-refractivity contribution in [2.75, 3.05) is 14.2 Å². The highest BCUT2D eigenvalue weighted by Gasteiger charge is 2.71. The smallest absolute Gasteiger partial charge is 0.425 e. The Labute approximate surface area is 165 Å². The highest BCUT2D eigenvalue weighted by atomic mass is 19.4. The van der Waals surface area contributed by atoms with E-state index in [2.05, 4.69) is 4.74 Å². The van der Waals surface area contributed by atoms with Gasteiger partial charge in [-0.25, -0.2) is 4.79 Å². The van der Waals surface area contributed by atoms with Gasteiger partial charge in [-0.1, -0.05) is 6.07 Å². The lowest BCUT2D eigenvalue weighted by Crippen LogP contribution is -2.66. The van der Waals surface area contributed by atoms with Crippen LogP contribution in [0, 0.1) is 0 Å². The Morgan fingerprint density at radius 1 is 1.21 bits per heavy atom. The van der Waals surface area contributed by atoms with Gasteiger partial charge in [0.2, 0.25) is 0 Å². The van der Waals surface area contributed by atoms with E-state index >= 15 is 0 Å². The summed E-state index contributed by atoms with van der Waals surface area (Å²) < 4.78 is 52.4. The van der Waals surface area contributed by atoms with E-state index < -0.39 is 41.1 Å². The summed E-state index contributed by atoms with van der Waals surface area (Å²) in [7, 11) is 2.23. The van der Waals surface area contributed by atoms with Gasteiger partial charge < -0.3 is 19.7 Å². The van der Waals surface area contributed by atoms with E-state index in [-0.39, 0.29) is 17.0 Å². The Morgan fingerprint density at radius 2 is 1.83 bits per heavy atom. The second-order valence-electron chi connectivity index (χ2n) is 6.65. The van der Waals surface area contributed by atoms with Crippen LogP contribution in [-0.2, 0) is 14.3 Å². The number of allylic oxidation sites excluding steroid dienone is 1. The van der Waals surface area contributed by atoms with E-state index in [0.29, 0.717) is 0 Å². The molecule has 0 aliphatic carbocycles. The van der Waals surface area contributed by atoms with Crippen molar-refractivity contribution in [2.45, 2.75) is 38.5 Å². The number of carbonyl (C=O) groups excluding carboxylic acids is 3. The van der Waals surface area contributed by atoms with Gasteiger partial charge in [0.15, 0.2) is 0 Å². The zero-order valence-corrected chi connectivity index (χ0v) is 16.5. The lowest BCUT2D eigenvalue weighted by molar-refractivity contribution is -0.192. The molecular weight excluding hydrogens is 393 g/mol. The van der Waals surface area contributed by atoms with E-state index in [1.54, 1.807) is 5.32 Å². The molecule has 1 aromatic carbocycles. The monoisotopic (exact) mass is 414 g/mol. The Balaban J connectivity index is 2.68. The summed E-state index contributed by atoms with van der Waals surface area (Å²) in [4.78, 5) is 38.8. The number of benzene rings is 1. The molecule has 0 spiro atoms. The number of hydrogen-bond acceptors (Lipinski definition) is 5. The van der Waals surface area contributed by atoms with Crippen LogP contribution in [0.25, 0.3) is 0 Å². The number of alkyl halides is 3. The van der Waals surface area contributed by atoms with Crippen molar-refractivity contribution in [3.05, 3.63) is 41.1 Å². The lowest BCUT2D eigenvalue weighted by atomic mass is 9.88. The van der Waals surface area contributed by atoms with Crippen molar-refractivity contribution >= 4 is 17.8 Å². The SMILES string of the molecule is COC(=O)C1=C(C)N(C(C)C)C(=O)[C@]1(NC(=O)c1cccc(OC)c1)C(F)(F)F. The second-order valence-corrected chi connectivity index (χ2v) is 6.65. The van der Waals surface area contributed by atoms with Gasteiger partial charge in [0, 0.05) is 17.3 Å². The molecule has 0 bridgehead atoms. The van der Waals surface area contributed by atoms with E-state index in [1.165, 1.54) is 52.1 Å². The summed E-state index contributed by atoms with van der Waals surface area (Å²) >= 11 is 0. The van der Waals surface area contributed by atoms with E-state index in [0.717, 1.165) is 12.0 Å². The number of rotatable bonds is 5. The molecule has 158 valence electrons. The number of esters is 1. The first-order chi connectivity index (χ1) is 13.4. The van der Waals surface area contributed by atoms with Crippen LogP contribution >= 0.6 is 0 Å². The van der Waals surface area contributed by atoms with Crippen LogP contribution < -0.4 is 10.1 Å². The maximum atomic E-state index is 14.3. The van der Waals surface area contributed by atoms with Crippen LogP contribution in [0.15, 0.2) is 35.5 Å². The number of nitrogens with zero attached hydrogens (tertiary/aromatic N) is 1. The Bertz CT molecular complexity index is 879. The minimum Gasteiger partial charge on any atom is -0.497 e. The van der Waals surface area contributed by atoms with Gasteiger partial charge in [-0.05, 0) is 39.0 Å². The van der Waals surface area contributed by atoms with Gasteiger partial charge in [0.05, 0.1) is 14.2 Å². The van der Waals surface area contributed by atoms with Gasteiger partial charge in [0.25, 0.3) is 17.4 Å². The highest BCUT2D eigenvalue weighted by Crippen LogP contribution is 2.45. The van der Waals surface area contributed by atoms with Crippen molar-refractivity contribution in [2.24, 2.45) is 0 Å². The summed E-state index contributed by atoms with van der Waals surface area (Å²) in [5.41, 5.74) is -4.96. The molecule has 1 heterocycles. The van der Waals surface area contributed by atoms with Crippen molar-refractivity contribution < 1.29 is 37.0 Å². The molecule has 1 aliphatic rings. The fourth-order valence-electron chi connectivity index (χ4n) is 3.31. The summed E-state index contributed by atoms with van der Waals surface area (Å²) in [6, 6.07) is 4.69. The van der Waals surface area contributed by atoms with E-state index in [1.807, 2.05) is 0 Å². The minimum atomic E-state index is -5.31. The maximum Gasteiger partial charge on any atom is 0.425 e. The average Bonchev–Trinajstić information content (AvgIpc) is 2.88. The highest BCUT2D eigenvalue weighted by molar-refractivity contribution is 6.11. The van der Waals surface area contributed by atoms with Crippen LogP contribution in [0.1, 0.15) is 31.1 Å².